The van der Waals surface area contributed by atoms with Gasteiger partial charge in [-0.25, -0.2) is 0 Å². The van der Waals surface area contributed by atoms with Crippen molar-refractivity contribution >= 4 is 17.7 Å². The van der Waals surface area contributed by atoms with Crippen LogP contribution in [0.3, 0.4) is 0 Å². The molecule has 5 heteroatoms. The van der Waals surface area contributed by atoms with E-state index >= 15 is 0 Å². The standard InChI is InChI=1S/C17H31O3PS/c1-3-4-5-6-7-8-9-12-15-20-21(18,19)22-17-14-11-10-13-16(17)2/h10-11,13-14,18-19,22H,3-9,12,15H2,1-2H3. The van der Waals surface area contributed by atoms with Crippen LogP contribution in [0.2, 0.25) is 0 Å². The van der Waals surface area contributed by atoms with E-state index in [1.807, 2.05) is 31.2 Å². The van der Waals surface area contributed by atoms with Crippen molar-refractivity contribution in [3.8, 4) is 0 Å². The summed E-state index contributed by atoms with van der Waals surface area (Å²) < 4.78 is 5.34. The van der Waals surface area contributed by atoms with Crippen LogP contribution >= 0.6 is 6.72 Å². The summed E-state index contributed by atoms with van der Waals surface area (Å²) in [6.07, 6.45) is 9.77. The Kier molecular flexibility index (Phi) is 10.3. The molecule has 22 heavy (non-hydrogen) atoms. The Bertz CT molecular complexity index is 471. The zero-order chi connectivity index (χ0) is 16.3. The minimum Gasteiger partial charge on any atom is -0.328 e. The van der Waals surface area contributed by atoms with E-state index in [0.29, 0.717) is 17.5 Å². The molecule has 0 unspecified atom stereocenters. The van der Waals surface area contributed by atoms with E-state index in [9.17, 15) is 9.79 Å². The monoisotopic (exact) mass is 346 g/mol. The Labute approximate surface area is 138 Å². The van der Waals surface area contributed by atoms with Crippen LogP contribution in [0.25, 0.3) is 0 Å². The van der Waals surface area contributed by atoms with E-state index < -0.39 is 6.72 Å². The first-order valence-corrected chi connectivity index (χ1v) is 11.5. The van der Waals surface area contributed by atoms with Crippen molar-refractivity contribution in [3.05, 3.63) is 29.8 Å². The van der Waals surface area contributed by atoms with Crippen LogP contribution in [0, 0.1) is 6.92 Å². The van der Waals surface area contributed by atoms with Crippen LogP contribution in [0.1, 0.15) is 63.9 Å². The summed E-state index contributed by atoms with van der Waals surface area (Å²) >= 11 is 0. The van der Waals surface area contributed by atoms with Gasteiger partial charge in [0.25, 0.3) is 6.72 Å². The lowest BCUT2D eigenvalue weighted by Crippen LogP contribution is -1.95. The predicted molar refractivity (Wildman–Crippen MR) is 98.1 cm³/mol. The number of thiol groups is 1. The summed E-state index contributed by atoms with van der Waals surface area (Å²) in [6, 6.07) is 7.75. The van der Waals surface area contributed by atoms with Gasteiger partial charge in [-0.2, -0.15) is 0 Å². The molecule has 0 heterocycles. The lowest BCUT2D eigenvalue weighted by atomic mass is 10.1. The van der Waals surface area contributed by atoms with Crippen molar-refractivity contribution in [3.63, 3.8) is 0 Å². The van der Waals surface area contributed by atoms with Gasteiger partial charge in [0.2, 0.25) is 0 Å². The van der Waals surface area contributed by atoms with Crippen LogP contribution in [0.5, 0.6) is 0 Å². The molecule has 0 saturated carbocycles. The molecule has 0 aromatic heterocycles. The van der Waals surface area contributed by atoms with Gasteiger partial charge < -0.3 is 14.3 Å². The average molecular weight is 346 g/mol. The van der Waals surface area contributed by atoms with Gasteiger partial charge in [0.05, 0.1) is 6.61 Å². The number of hydrogen-bond donors (Lipinski definition) is 3. The van der Waals surface area contributed by atoms with E-state index in [-0.39, 0.29) is 0 Å². The van der Waals surface area contributed by atoms with Gasteiger partial charge in [-0.05, 0) is 25.0 Å². The summed E-state index contributed by atoms with van der Waals surface area (Å²) in [7, 11) is 0.496. The SMILES string of the molecule is CCCCCCCCCCOP(O)(O)=[SH]c1ccccc1C. The van der Waals surface area contributed by atoms with E-state index in [4.69, 9.17) is 4.52 Å². The molecule has 1 aromatic rings. The van der Waals surface area contributed by atoms with Crippen molar-refractivity contribution in [2.45, 2.75) is 70.1 Å². The minimum absolute atomic E-state index is 0.439. The van der Waals surface area contributed by atoms with Crippen molar-refractivity contribution < 1.29 is 14.3 Å². The molecule has 0 atom stereocenters. The molecule has 1 rings (SSSR count). The lowest BCUT2D eigenvalue weighted by molar-refractivity contribution is 0.245. The quantitative estimate of drug-likeness (QED) is 0.301. The van der Waals surface area contributed by atoms with Crippen LogP contribution in [0.4, 0.5) is 0 Å². The first-order valence-electron chi connectivity index (χ1n) is 8.33. The Balaban J connectivity index is 2.22. The maximum atomic E-state index is 10.0. The summed E-state index contributed by atoms with van der Waals surface area (Å²) in [4.78, 5) is 21.0. The second kappa shape index (κ2) is 11.4. The number of rotatable bonds is 11. The van der Waals surface area contributed by atoms with Gasteiger partial charge >= 0.3 is 0 Å². The zero-order valence-corrected chi connectivity index (χ0v) is 15.7. The van der Waals surface area contributed by atoms with Crippen LogP contribution in [-0.4, -0.2) is 16.4 Å². The number of benzene rings is 1. The predicted octanol–water partition coefficient (Wildman–Crippen LogP) is 4.99. The fourth-order valence-electron chi connectivity index (χ4n) is 2.27. The topological polar surface area (TPSA) is 49.7 Å². The van der Waals surface area contributed by atoms with Crippen LogP contribution in [-0.2, 0) is 15.5 Å². The van der Waals surface area contributed by atoms with E-state index in [1.54, 1.807) is 0 Å². The maximum absolute atomic E-state index is 10.0. The Morgan fingerprint density at radius 3 is 2.18 bits per heavy atom. The lowest BCUT2D eigenvalue weighted by Gasteiger charge is -2.13. The van der Waals surface area contributed by atoms with Crippen molar-refractivity contribution in [2.24, 2.45) is 0 Å². The molecule has 0 aliphatic heterocycles. The number of aryl methyl sites for hydroxylation is 1. The third-order valence-electron chi connectivity index (χ3n) is 3.62. The highest BCUT2D eigenvalue weighted by Gasteiger charge is 2.10. The third-order valence-corrected chi connectivity index (χ3v) is 6.90. The van der Waals surface area contributed by atoms with E-state index in [1.165, 1.54) is 38.5 Å². The Morgan fingerprint density at radius 2 is 1.55 bits per heavy atom. The van der Waals surface area contributed by atoms with Gasteiger partial charge in [0, 0.05) is 4.90 Å². The highest BCUT2D eigenvalue weighted by atomic mass is 32.5. The zero-order valence-electron chi connectivity index (χ0n) is 13.9. The molecular weight excluding hydrogens is 315 g/mol. The second-order valence-electron chi connectivity index (χ2n) is 5.71. The van der Waals surface area contributed by atoms with Crippen molar-refractivity contribution in [1.82, 2.24) is 0 Å². The summed E-state index contributed by atoms with van der Waals surface area (Å²) in [5.41, 5.74) is 1.06. The fraction of sp³-hybridized carbons (Fsp3) is 0.647. The van der Waals surface area contributed by atoms with E-state index in [2.05, 4.69) is 6.92 Å². The van der Waals surface area contributed by atoms with Gasteiger partial charge in [-0.1, -0.05) is 81.0 Å². The third kappa shape index (κ3) is 9.12. The molecule has 0 saturated heterocycles. The molecule has 0 fully saturated rings. The molecule has 1 aromatic carbocycles. The highest BCUT2D eigenvalue weighted by molar-refractivity contribution is 8.16. The summed E-state index contributed by atoms with van der Waals surface area (Å²) in [6.45, 7) is 1.35. The number of hydrogen-bond acceptors (Lipinski definition) is 1. The summed E-state index contributed by atoms with van der Waals surface area (Å²) in [5, 5.41) is 0. The first kappa shape index (κ1) is 19.9. The van der Waals surface area contributed by atoms with Crippen LogP contribution in [0.15, 0.2) is 29.2 Å². The molecule has 0 aliphatic carbocycles. The first-order chi connectivity index (χ1) is 10.5. The Hall–Kier alpha value is -0.120. The molecule has 0 bridgehead atoms. The molecule has 0 amide bonds. The molecule has 0 aliphatic rings. The normalized spacial score (nSPS) is 11.8. The molecular formula is C17H31O3PS. The van der Waals surface area contributed by atoms with Crippen molar-refractivity contribution in [2.75, 3.05) is 6.61 Å². The molecule has 0 radical (unpaired) electrons. The minimum atomic E-state index is -3.29. The van der Waals surface area contributed by atoms with Gasteiger partial charge in [-0.3, -0.25) is 0 Å². The molecule has 2 N–H and O–H groups in total. The molecule has 128 valence electrons. The van der Waals surface area contributed by atoms with Gasteiger partial charge in [0.15, 0.2) is 0 Å². The highest BCUT2D eigenvalue weighted by Crippen LogP contribution is 2.41. The molecule has 3 nitrogen and oxygen atoms in total. The second-order valence-corrected chi connectivity index (χ2v) is 9.84. The molecule has 0 spiro atoms. The smallest absolute Gasteiger partial charge is 0.281 e. The van der Waals surface area contributed by atoms with Gasteiger partial charge in [0.1, 0.15) is 0 Å². The van der Waals surface area contributed by atoms with Crippen LogP contribution < -0.4 is 0 Å². The average Bonchev–Trinajstić information content (AvgIpc) is 2.48. The number of unbranched alkanes of at least 4 members (excludes halogenated alkanes) is 7. The fourth-order valence-corrected chi connectivity index (χ4v) is 5.30. The van der Waals surface area contributed by atoms with Crippen molar-refractivity contribution in [1.29, 1.82) is 0 Å². The van der Waals surface area contributed by atoms with Gasteiger partial charge in [-0.15, -0.1) is 0 Å². The Morgan fingerprint density at radius 1 is 0.955 bits per heavy atom. The largest absolute Gasteiger partial charge is 0.328 e. The maximum Gasteiger partial charge on any atom is 0.281 e. The van der Waals surface area contributed by atoms with E-state index in [0.717, 1.165) is 23.3 Å². The summed E-state index contributed by atoms with van der Waals surface area (Å²) in [5.74, 6) is 0.